The van der Waals surface area contributed by atoms with E-state index in [0.717, 1.165) is 51.5 Å². The van der Waals surface area contributed by atoms with Gasteiger partial charge in [-0.15, -0.1) is 0 Å². The Morgan fingerprint density at radius 3 is 1.68 bits per heavy atom. The molecule has 4 aliphatic heterocycles. The quantitative estimate of drug-likeness (QED) is 0.0410. The summed E-state index contributed by atoms with van der Waals surface area (Å²) in [5.74, 6) is 6.45. The molecule has 0 bridgehead atoms. The maximum atomic E-state index is 12.8. The zero-order chi connectivity index (χ0) is 49.2. The Kier molecular flexibility index (Phi) is 15.6. The smallest absolute Gasteiger partial charge is 0.424 e. The minimum Gasteiger partial charge on any atom is -0.515 e. The number of para-hydroxylation sites is 2. The number of benzene rings is 4. The van der Waals surface area contributed by atoms with Crippen molar-refractivity contribution in [3.05, 3.63) is 149 Å². The first kappa shape index (κ1) is 49.6. The third kappa shape index (κ3) is 11.5. The number of nitrogens with two attached hydrogens (primary N) is 1. The minimum atomic E-state index is -0.920. The van der Waals surface area contributed by atoms with Gasteiger partial charge in [-0.2, -0.15) is 5.10 Å². The second kappa shape index (κ2) is 21.7. The Morgan fingerprint density at radius 2 is 1.19 bits per heavy atom. The maximum Gasteiger partial charge on any atom is 0.424 e. The number of ether oxygens (including phenoxy) is 5. The Bertz CT molecular complexity index is 2590. The van der Waals surface area contributed by atoms with Gasteiger partial charge in [0.25, 0.3) is 0 Å². The third-order valence-electron chi connectivity index (χ3n) is 12.4. The number of ketones is 1. The van der Waals surface area contributed by atoms with Crippen molar-refractivity contribution in [2.75, 3.05) is 32.7 Å². The molecule has 0 saturated carbocycles. The van der Waals surface area contributed by atoms with E-state index in [9.17, 15) is 24.3 Å². The lowest BCUT2D eigenvalue weighted by atomic mass is 9.78. The van der Waals surface area contributed by atoms with Crippen LogP contribution in [0, 0.1) is 0 Å². The van der Waals surface area contributed by atoms with Crippen LogP contribution in [0.1, 0.15) is 87.4 Å². The van der Waals surface area contributed by atoms with Crippen LogP contribution in [0.3, 0.4) is 0 Å². The number of aromatic nitrogens is 2. The SMILES string of the molecule is CCN(N)C(=O)OC(C)(C)C.CCn1ncc2c1-c1ccccc1OC21CCN(C(=O)OCc2ccccc2)CC1.O=C1/C(=C\O)C2(CCN(C(=O)OCc3ccccc3)CC2)Oc2ccccc21. The van der Waals surface area contributed by atoms with Gasteiger partial charge in [-0.25, -0.2) is 25.2 Å². The maximum absolute atomic E-state index is 12.8. The number of likely N-dealkylation sites (tertiary alicyclic amines) is 2. The van der Waals surface area contributed by atoms with Gasteiger partial charge in [-0.3, -0.25) is 9.48 Å². The van der Waals surface area contributed by atoms with E-state index in [1.807, 2.05) is 95.8 Å². The summed E-state index contributed by atoms with van der Waals surface area (Å²) in [4.78, 5) is 52.1. The van der Waals surface area contributed by atoms with E-state index in [1.165, 1.54) is 0 Å². The molecular weight excluding hydrogens is 881 g/mol. The summed E-state index contributed by atoms with van der Waals surface area (Å²) >= 11 is 0. The van der Waals surface area contributed by atoms with Gasteiger partial charge in [0.05, 0.1) is 29.3 Å². The predicted molar refractivity (Wildman–Crippen MR) is 258 cm³/mol. The van der Waals surface area contributed by atoms with Crippen molar-refractivity contribution in [3.8, 4) is 22.8 Å². The number of piperidine rings is 2. The molecule has 364 valence electrons. The second-order valence-electron chi connectivity index (χ2n) is 18.1. The highest BCUT2D eigenvalue weighted by Gasteiger charge is 2.49. The molecule has 3 N–H and O–H groups in total. The molecular formula is C53H62N6O10. The molecule has 2 spiro atoms. The van der Waals surface area contributed by atoms with Crippen LogP contribution in [0.4, 0.5) is 14.4 Å². The molecule has 5 heterocycles. The third-order valence-corrected chi connectivity index (χ3v) is 12.4. The number of nitrogens with zero attached hydrogens (tertiary/aromatic N) is 5. The average Bonchev–Trinajstić information content (AvgIpc) is 3.82. The molecule has 2 saturated heterocycles. The standard InChI is InChI=1S/C24H25N3O3.C22H21NO5.C7H16N2O2/c1-2-27-22-19-10-6-7-11-21(19)30-24(20(22)16-25-27)12-14-26(15-13-24)23(28)29-17-18-8-4-3-5-9-18;24-14-18-20(25)17-8-4-5-9-19(17)28-22(18)10-12-23(13-11-22)21(26)27-15-16-6-2-1-3-7-16;1-5-9(8)6(10)11-7(2,3)4/h3-11,16H,2,12-15,17H2,1H3;1-9,14,24H,10-13,15H2;5,8H2,1-4H3/b;18-14+;. The number of aliphatic hydroxyl groups is 1. The Hall–Kier alpha value is -7.33. The summed E-state index contributed by atoms with van der Waals surface area (Å²) in [6.07, 6.45) is 3.87. The minimum absolute atomic E-state index is 0.214. The number of hydrogen-bond acceptors (Lipinski definition) is 12. The van der Waals surface area contributed by atoms with E-state index < -0.39 is 29.0 Å². The van der Waals surface area contributed by atoms with Crippen LogP contribution in [0.2, 0.25) is 0 Å². The highest BCUT2D eigenvalue weighted by atomic mass is 16.6. The van der Waals surface area contributed by atoms with E-state index in [2.05, 4.69) is 18.1 Å². The van der Waals surface area contributed by atoms with Gasteiger partial charge in [-0.05, 0) is 70.0 Å². The lowest BCUT2D eigenvalue weighted by Crippen LogP contribution is -2.53. The Morgan fingerprint density at radius 1 is 0.725 bits per heavy atom. The zero-order valence-corrected chi connectivity index (χ0v) is 40.0. The van der Waals surface area contributed by atoms with Gasteiger partial charge >= 0.3 is 18.3 Å². The molecule has 0 unspecified atom stereocenters. The van der Waals surface area contributed by atoms with Crippen LogP contribution in [-0.4, -0.2) is 97.7 Å². The van der Waals surface area contributed by atoms with E-state index in [0.29, 0.717) is 76.3 Å². The predicted octanol–water partition coefficient (Wildman–Crippen LogP) is 9.58. The molecule has 69 heavy (non-hydrogen) atoms. The van der Waals surface area contributed by atoms with E-state index in [-0.39, 0.29) is 24.1 Å². The molecule has 4 aliphatic rings. The number of hydrazine groups is 1. The van der Waals surface area contributed by atoms with Gasteiger partial charge in [0.2, 0.25) is 0 Å². The van der Waals surface area contributed by atoms with Crippen LogP contribution in [0.15, 0.2) is 127 Å². The number of hydrogen-bond donors (Lipinski definition) is 2. The van der Waals surface area contributed by atoms with Gasteiger partial charge in [0.15, 0.2) is 5.78 Å². The fourth-order valence-electron chi connectivity index (χ4n) is 8.71. The monoisotopic (exact) mass is 942 g/mol. The molecule has 16 heteroatoms. The molecule has 1 aromatic heterocycles. The van der Waals surface area contributed by atoms with Gasteiger partial charge in [-0.1, -0.05) is 84.9 Å². The normalized spacial score (nSPS) is 16.7. The summed E-state index contributed by atoms with van der Waals surface area (Å²) in [7, 11) is 0. The highest BCUT2D eigenvalue weighted by Crippen LogP contribution is 2.49. The number of aryl methyl sites for hydroxylation is 1. The first-order chi connectivity index (χ1) is 33.2. The van der Waals surface area contributed by atoms with Crippen molar-refractivity contribution < 1.29 is 48.0 Å². The summed E-state index contributed by atoms with van der Waals surface area (Å²) in [6, 6.07) is 34.4. The number of carbonyl (C=O) groups excluding carboxylic acids is 4. The molecule has 2 fully saturated rings. The number of amides is 3. The van der Waals surface area contributed by atoms with Crippen molar-refractivity contribution in [1.29, 1.82) is 0 Å². The molecule has 5 aromatic rings. The summed E-state index contributed by atoms with van der Waals surface area (Å²) in [6.45, 7) is 13.0. The fourth-order valence-corrected chi connectivity index (χ4v) is 8.71. The topological polar surface area (TPSA) is 188 Å². The first-order valence-electron chi connectivity index (χ1n) is 23.4. The van der Waals surface area contributed by atoms with Gasteiger partial charge in [0.1, 0.15) is 41.5 Å². The van der Waals surface area contributed by atoms with Gasteiger partial charge < -0.3 is 38.6 Å². The van der Waals surface area contributed by atoms with Crippen molar-refractivity contribution in [2.24, 2.45) is 5.84 Å². The second-order valence-corrected chi connectivity index (χ2v) is 18.1. The fraction of sp³-hybridized carbons (Fsp3) is 0.377. The first-order valence-corrected chi connectivity index (χ1v) is 23.4. The lowest BCUT2D eigenvalue weighted by molar-refractivity contribution is -0.00663. The number of carbonyl (C=O) groups is 4. The zero-order valence-electron chi connectivity index (χ0n) is 40.0. The Labute approximate surface area is 403 Å². The number of Topliss-reactive ketones (excluding diaryl/α,β-unsaturated/α-hetero) is 1. The van der Waals surface area contributed by atoms with Crippen molar-refractivity contribution in [2.45, 2.75) is 96.9 Å². The van der Waals surface area contributed by atoms with Crippen molar-refractivity contribution >= 4 is 24.1 Å². The molecule has 0 atom stereocenters. The Balaban J connectivity index is 0.000000169. The molecule has 9 rings (SSSR count). The van der Waals surface area contributed by atoms with Crippen LogP contribution in [0.5, 0.6) is 11.5 Å². The van der Waals surface area contributed by atoms with E-state index in [1.54, 1.807) is 55.7 Å². The largest absolute Gasteiger partial charge is 0.515 e. The van der Waals surface area contributed by atoms with Crippen LogP contribution >= 0.6 is 0 Å². The van der Waals surface area contributed by atoms with Crippen LogP contribution in [-0.2, 0) is 39.6 Å². The van der Waals surface area contributed by atoms with Gasteiger partial charge in [0, 0.05) is 76.1 Å². The summed E-state index contributed by atoms with van der Waals surface area (Å²) in [5.41, 5.74) is 4.10. The van der Waals surface area contributed by atoms with Crippen molar-refractivity contribution in [1.82, 2.24) is 24.6 Å². The molecule has 4 aromatic carbocycles. The molecule has 0 aliphatic carbocycles. The summed E-state index contributed by atoms with van der Waals surface area (Å²) in [5, 5.41) is 15.4. The molecule has 3 amide bonds. The highest BCUT2D eigenvalue weighted by molar-refractivity contribution is 6.12. The molecule has 0 radical (unpaired) electrons. The number of rotatable bonds is 6. The van der Waals surface area contributed by atoms with Crippen LogP contribution < -0.4 is 15.3 Å². The summed E-state index contributed by atoms with van der Waals surface area (Å²) < 4.78 is 30.6. The average molecular weight is 943 g/mol. The van der Waals surface area contributed by atoms with Crippen LogP contribution in [0.25, 0.3) is 11.3 Å². The van der Waals surface area contributed by atoms with E-state index >= 15 is 0 Å². The molecule has 16 nitrogen and oxygen atoms in total. The number of aliphatic hydroxyl groups excluding tert-OH is 1. The van der Waals surface area contributed by atoms with Crippen molar-refractivity contribution in [3.63, 3.8) is 0 Å². The lowest BCUT2D eigenvalue weighted by Gasteiger charge is -2.44. The number of fused-ring (bicyclic) bond motifs is 5. The van der Waals surface area contributed by atoms with E-state index in [4.69, 9.17) is 29.5 Å².